The fraction of sp³-hybridized carbons (Fsp3) is 0.0476. The van der Waals surface area contributed by atoms with Gasteiger partial charge in [-0.05, 0) is 47.5 Å². The summed E-state index contributed by atoms with van der Waals surface area (Å²) in [4.78, 5) is 12.1. The summed E-state index contributed by atoms with van der Waals surface area (Å²) in [6.45, 7) is 0.432. The minimum Gasteiger partial charge on any atom is -0.489 e. The third-order valence-electron chi connectivity index (χ3n) is 3.76. The molecule has 6 heteroatoms. The van der Waals surface area contributed by atoms with Crippen LogP contribution in [0.15, 0.2) is 77.9 Å². The molecule has 136 valence electrons. The number of hydrazone groups is 1. The number of nitrogens with one attached hydrogen (secondary N) is 1. The van der Waals surface area contributed by atoms with Crippen molar-refractivity contribution in [1.29, 1.82) is 0 Å². The van der Waals surface area contributed by atoms with Crippen LogP contribution in [-0.4, -0.2) is 12.1 Å². The monoisotopic (exact) mass is 379 g/mol. The molecule has 0 bridgehead atoms. The number of anilines is 1. The van der Waals surface area contributed by atoms with Gasteiger partial charge in [0, 0.05) is 10.7 Å². The van der Waals surface area contributed by atoms with Crippen molar-refractivity contribution in [1.82, 2.24) is 5.43 Å². The molecular formula is C21H18ClN3O2. The molecule has 0 saturated carbocycles. The standard InChI is InChI=1S/C21H18ClN3O2/c22-17-10-8-15(9-11-17)14-27-18-5-3-4-16(12-18)13-24-25-21(26)19-6-1-2-7-20(19)23/h1-13H,14,23H2,(H,25,26)/b24-13+. The Morgan fingerprint density at radius 3 is 2.63 bits per heavy atom. The van der Waals surface area contributed by atoms with Gasteiger partial charge in [0.1, 0.15) is 12.4 Å². The second-order valence-corrected chi connectivity index (χ2v) is 6.21. The number of amides is 1. The highest BCUT2D eigenvalue weighted by molar-refractivity contribution is 6.30. The molecule has 0 fully saturated rings. The maximum Gasteiger partial charge on any atom is 0.273 e. The number of hydrogen-bond acceptors (Lipinski definition) is 4. The summed E-state index contributed by atoms with van der Waals surface area (Å²) < 4.78 is 5.78. The van der Waals surface area contributed by atoms with Gasteiger partial charge in [-0.1, -0.05) is 48.0 Å². The molecular weight excluding hydrogens is 362 g/mol. The van der Waals surface area contributed by atoms with Gasteiger partial charge in [0.2, 0.25) is 0 Å². The number of hydrogen-bond donors (Lipinski definition) is 2. The first-order valence-electron chi connectivity index (χ1n) is 8.27. The zero-order chi connectivity index (χ0) is 19.1. The van der Waals surface area contributed by atoms with Crippen molar-refractivity contribution in [3.63, 3.8) is 0 Å². The molecule has 0 atom stereocenters. The minimum absolute atomic E-state index is 0.362. The summed E-state index contributed by atoms with van der Waals surface area (Å²) in [6, 6.07) is 21.7. The molecule has 3 aromatic rings. The Kier molecular flexibility index (Phi) is 6.07. The zero-order valence-corrected chi connectivity index (χ0v) is 15.2. The van der Waals surface area contributed by atoms with Crippen LogP contribution in [0, 0.1) is 0 Å². The molecule has 3 rings (SSSR count). The molecule has 0 radical (unpaired) electrons. The van der Waals surface area contributed by atoms with E-state index in [-0.39, 0.29) is 5.91 Å². The zero-order valence-electron chi connectivity index (χ0n) is 14.4. The van der Waals surface area contributed by atoms with Crippen molar-refractivity contribution < 1.29 is 9.53 Å². The van der Waals surface area contributed by atoms with E-state index < -0.39 is 0 Å². The number of carbonyl (C=O) groups excluding carboxylic acids is 1. The van der Waals surface area contributed by atoms with Crippen molar-refractivity contribution in [2.75, 3.05) is 5.73 Å². The molecule has 0 aliphatic rings. The van der Waals surface area contributed by atoms with Crippen LogP contribution < -0.4 is 15.9 Å². The van der Waals surface area contributed by atoms with E-state index in [9.17, 15) is 4.79 Å². The quantitative estimate of drug-likeness (QED) is 0.381. The molecule has 5 nitrogen and oxygen atoms in total. The van der Waals surface area contributed by atoms with Crippen LogP contribution in [0.1, 0.15) is 21.5 Å². The van der Waals surface area contributed by atoms with Crippen LogP contribution in [-0.2, 0) is 6.61 Å². The van der Waals surface area contributed by atoms with Gasteiger partial charge >= 0.3 is 0 Å². The summed E-state index contributed by atoms with van der Waals surface area (Å²) in [5.74, 6) is 0.340. The van der Waals surface area contributed by atoms with Gasteiger partial charge in [0.25, 0.3) is 5.91 Å². The van der Waals surface area contributed by atoms with Crippen molar-refractivity contribution in [3.8, 4) is 5.75 Å². The number of ether oxygens (including phenoxy) is 1. The number of halogens is 1. The molecule has 27 heavy (non-hydrogen) atoms. The summed E-state index contributed by atoms with van der Waals surface area (Å²) in [6.07, 6.45) is 1.55. The fourth-order valence-corrected chi connectivity index (χ4v) is 2.49. The number of rotatable bonds is 6. The first kappa shape index (κ1) is 18.5. The predicted molar refractivity (Wildman–Crippen MR) is 108 cm³/mol. The Balaban J connectivity index is 1.58. The van der Waals surface area contributed by atoms with Crippen LogP contribution in [0.4, 0.5) is 5.69 Å². The number of para-hydroxylation sites is 1. The third-order valence-corrected chi connectivity index (χ3v) is 4.01. The number of nitrogens with zero attached hydrogens (tertiary/aromatic N) is 1. The summed E-state index contributed by atoms with van der Waals surface area (Å²) in [5, 5.41) is 4.67. The molecule has 3 N–H and O–H groups in total. The molecule has 0 spiro atoms. The lowest BCUT2D eigenvalue weighted by Crippen LogP contribution is -2.18. The van der Waals surface area contributed by atoms with Gasteiger partial charge < -0.3 is 10.5 Å². The van der Waals surface area contributed by atoms with Gasteiger partial charge in [0.05, 0.1) is 11.8 Å². The van der Waals surface area contributed by atoms with E-state index in [4.69, 9.17) is 22.1 Å². The van der Waals surface area contributed by atoms with Crippen LogP contribution >= 0.6 is 11.6 Å². The topological polar surface area (TPSA) is 76.7 Å². The molecule has 0 aromatic heterocycles. The van der Waals surface area contributed by atoms with E-state index in [1.54, 1.807) is 30.5 Å². The molecule has 0 unspecified atom stereocenters. The van der Waals surface area contributed by atoms with E-state index in [1.165, 1.54) is 0 Å². The maximum atomic E-state index is 12.1. The number of carbonyl (C=O) groups is 1. The molecule has 1 amide bonds. The Hall–Kier alpha value is -3.31. The third kappa shape index (κ3) is 5.33. The van der Waals surface area contributed by atoms with Crippen molar-refractivity contribution >= 4 is 29.4 Å². The van der Waals surface area contributed by atoms with E-state index in [0.717, 1.165) is 11.1 Å². The molecule has 0 saturated heterocycles. The number of nitrogens with two attached hydrogens (primary N) is 1. The van der Waals surface area contributed by atoms with Gasteiger partial charge in [-0.15, -0.1) is 0 Å². The van der Waals surface area contributed by atoms with Gasteiger partial charge in [-0.25, -0.2) is 5.43 Å². The highest BCUT2D eigenvalue weighted by atomic mass is 35.5. The SMILES string of the molecule is Nc1ccccc1C(=O)N/N=C/c1cccc(OCc2ccc(Cl)cc2)c1. The number of benzene rings is 3. The maximum absolute atomic E-state index is 12.1. The highest BCUT2D eigenvalue weighted by Crippen LogP contribution is 2.16. The lowest BCUT2D eigenvalue weighted by molar-refractivity contribution is 0.0956. The van der Waals surface area contributed by atoms with Crippen molar-refractivity contribution in [3.05, 3.63) is 94.5 Å². The molecule has 0 aliphatic heterocycles. The second-order valence-electron chi connectivity index (χ2n) is 5.77. The van der Waals surface area contributed by atoms with E-state index in [2.05, 4.69) is 10.5 Å². The summed E-state index contributed by atoms with van der Waals surface area (Å²) in [7, 11) is 0. The average molecular weight is 380 g/mol. The number of nitrogen functional groups attached to an aromatic ring is 1. The van der Waals surface area contributed by atoms with Crippen molar-refractivity contribution in [2.45, 2.75) is 6.61 Å². The van der Waals surface area contributed by atoms with Gasteiger partial charge in [-0.2, -0.15) is 5.10 Å². The molecule has 0 aliphatic carbocycles. The first-order valence-corrected chi connectivity index (χ1v) is 8.65. The first-order chi connectivity index (χ1) is 13.1. The smallest absolute Gasteiger partial charge is 0.273 e. The van der Waals surface area contributed by atoms with Crippen LogP contribution in [0.3, 0.4) is 0 Å². The Bertz CT molecular complexity index is 956. The van der Waals surface area contributed by atoms with Gasteiger partial charge in [-0.3, -0.25) is 4.79 Å². The molecule has 3 aromatic carbocycles. The summed E-state index contributed by atoms with van der Waals surface area (Å²) >= 11 is 5.88. The Morgan fingerprint density at radius 1 is 1.07 bits per heavy atom. The normalized spacial score (nSPS) is 10.7. The van der Waals surface area contributed by atoms with Gasteiger partial charge in [0.15, 0.2) is 0 Å². The van der Waals surface area contributed by atoms with E-state index in [0.29, 0.717) is 28.6 Å². The fourth-order valence-electron chi connectivity index (χ4n) is 2.36. The molecule has 0 heterocycles. The highest BCUT2D eigenvalue weighted by Gasteiger charge is 2.07. The second kappa shape index (κ2) is 8.87. The predicted octanol–water partition coefficient (Wildman–Crippen LogP) is 4.27. The summed E-state index contributed by atoms with van der Waals surface area (Å²) in [5.41, 5.74) is 10.9. The van der Waals surface area contributed by atoms with E-state index >= 15 is 0 Å². The minimum atomic E-state index is -0.362. The lowest BCUT2D eigenvalue weighted by Gasteiger charge is -2.07. The van der Waals surface area contributed by atoms with E-state index in [1.807, 2.05) is 48.5 Å². The van der Waals surface area contributed by atoms with Crippen LogP contribution in [0.25, 0.3) is 0 Å². The lowest BCUT2D eigenvalue weighted by atomic mass is 10.2. The largest absolute Gasteiger partial charge is 0.489 e. The van der Waals surface area contributed by atoms with Crippen molar-refractivity contribution in [2.24, 2.45) is 5.10 Å². The van der Waals surface area contributed by atoms with Crippen LogP contribution in [0.5, 0.6) is 5.75 Å². The average Bonchev–Trinajstić information content (AvgIpc) is 2.68. The Labute approximate surface area is 162 Å². The Morgan fingerprint density at radius 2 is 1.85 bits per heavy atom. The van der Waals surface area contributed by atoms with Crippen LogP contribution in [0.2, 0.25) is 5.02 Å².